The van der Waals surface area contributed by atoms with Crippen LogP contribution in [0.1, 0.15) is 29.0 Å². The summed E-state index contributed by atoms with van der Waals surface area (Å²) in [6.07, 6.45) is 3.38. The van der Waals surface area contributed by atoms with Gasteiger partial charge in [0, 0.05) is 24.0 Å². The highest BCUT2D eigenvalue weighted by Gasteiger charge is 2.07. The van der Waals surface area contributed by atoms with Crippen molar-refractivity contribution in [2.75, 3.05) is 11.9 Å². The Morgan fingerprint density at radius 3 is 2.75 bits per heavy atom. The van der Waals surface area contributed by atoms with Crippen molar-refractivity contribution < 1.29 is 4.79 Å². The van der Waals surface area contributed by atoms with E-state index in [1.807, 2.05) is 25.1 Å². The molecule has 0 aliphatic heterocycles. The number of anilines is 1. The molecule has 0 spiro atoms. The van der Waals surface area contributed by atoms with Crippen molar-refractivity contribution >= 4 is 11.6 Å². The molecule has 1 aromatic carbocycles. The average Bonchev–Trinajstić information content (AvgIpc) is 3.00. The summed E-state index contributed by atoms with van der Waals surface area (Å²) in [6, 6.07) is 9.40. The number of carbonyl (C=O) groups excluding carboxylic acids is 1. The average molecular weight is 270 g/mol. The van der Waals surface area contributed by atoms with E-state index in [1.54, 1.807) is 24.4 Å². The Morgan fingerprint density at radius 2 is 2.15 bits per heavy atom. The van der Waals surface area contributed by atoms with Crippen LogP contribution in [0.15, 0.2) is 49.2 Å². The first kappa shape index (κ1) is 13.9. The van der Waals surface area contributed by atoms with Gasteiger partial charge in [-0.1, -0.05) is 6.08 Å². The van der Waals surface area contributed by atoms with E-state index >= 15 is 0 Å². The van der Waals surface area contributed by atoms with Crippen molar-refractivity contribution in [3.63, 3.8) is 0 Å². The monoisotopic (exact) mass is 270 g/mol. The van der Waals surface area contributed by atoms with Crippen molar-refractivity contribution in [3.05, 3.63) is 60.4 Å². The van der Waals surface area contributed by atoms with Gasteiger partial charge >= 0.3 is 0 Å². The number of hydrogen-bond acceptors (Lipinski definition) is 3. The summed E-state index contributed by atoms with van der Waals surface area (Å²) >= 11 is 0. The molecule has 1 heterocycles. The second kappa shape index (κ2) is 6.56. The molecule has 1 amide bonds. The van der Waals surface area contributed by atoms with Crippen LogP contribution in [-0.4, -0.2) is 22.6 Å². The molecule has 0 bridgehead atoms. The highest BCUT2D eigenvalue weighted by molar-refractivity contribution is 5.94. The Bertz CT molecular complexity index is 560. The second-order valence-electron chi connectivity index (χ2n) is 4.45. The predicted molar refractivity (Wildman–Crippen MR) is 79.6 cm³/mol. The van der Waals surface area contributed by atoms with Gasteiger partial charge in [0.05, 0.1) is 11.7 Å². The number of H-pyrrole nitrogens is 1. The second-order valence-corrected chi connectivity index (χ2v) is 4.45. The number of nitrogens with zero attached hydrogens (tertiary/aromatic N) is 1. The number of nitrogens with one attached hydrogen (secondary N) is 3. The van der Waals surface area contributed by atoms with Crippen LogP contribution in [0.3, 0.4) is 0 Å². The zero-order chi connectivity index (χ0) is 14.4. The number of aromatic amines is 1. The van der Waals surface area contributed by atoms with Crippen molar-refractivity contribution in [2.45, 2.75) is 13.0 Å². The van der Waals surface area contributed by atoms with E-state index in [2.05, 4.69) is 27.4 Å². The lowest BCUT2D eigenvalue weighted by atomic mass is 10.1. The third kappa shape index (κ3) is 3.47. The van der Waals surface area contributed by atoms with Gasteiger partial charge in [-0.25, -0.2) is 0 Å². The fourth-order valence-corrected chi connectivity index (χ4v) is 1.82. The summed E-state index contributed by atoms with van der Waals surface area (Å²) in [5, 5.41) is 12.9. The molecule has 1 unspecified atom stereocenters. The topological polar surface area (TPSA) is 69.8 Å². The molecule has 1 aromatic heterocycles. The van der Waals surface area contributed by atoms with Gasteiger partial charge in [-0.05, 0) is 37.3 Å². The van der Waals surface area contributed by atoms with Crippen LogP contribution in [-0.2, 0) is 0 Å². The molecule has 5 heteroatoms. The highest BCUT2D eigenvalue weighted by atomic mass is 16.1. The maximum Gasteiger partial charge on any atom is 0.251 e. The number of hydrogen-bond donors (Lipinski definition) is 3. The number of carbonyl (C=O) groups is 1. The Morgan fingerprint density at radius 1 is 1.40 bits per heavy atom. The molecule has 104 valence electrons. The van der Waals surface area contributed by atoms with E-state index in [0.29, 0.717) is 12.1 Å². The Hall–Kier alpha value is -2.56. The zero-order valence-corrected chi connectivity index (χ0v) is 11.4. The summed E-state index contributed by atoms with van der Waals surface area (Å²) in [5.41, 5.74) is 2.59. The van der Waals surface area contributed by atoms with E-state index in [1.165, 1.54) is 0 Å². The Kier molecular flexibility index (Phi) is 4.55. The number of rotatable bonds is 6. The Labute approximate surface area is 118 Å². The van der Waals surface area contributed by atoms with Crippen molar-refractivity contribution in [2.24, 2.45) is 0 Å². The minimum absolute atomic E-state index is 0.0990. The maximum absolute atomic E-state index is 11.7. The summed E-state index contributed by atoms with van der Waals surface area (Å²) in [5.74, 6) is -0.0990. The van der Waals surface area contributed by atoms with Crippen molar-refractivity contribution in [3.8, 4) is 0 Å². The van der Waals surface area contributed by atoms with Gasteiger partial charge in [0.1, 0.15) is 0 Å². The number of aromatic nitrogens is 2. The molecule has 20 heavy (non-hydrogen) atoms. The first-order valence-corrected chi connectivity index (χ1v) is 6.45. The molecular formula is C15H18N4O. The third-order valence-corrected chi connectivity index (χ3v) is 2.93. The van der Waals surface area contributed by atoms with Crippen LogP contribution in [0.2, 0.25) is 0 Å². The van der Waals surface area contributed by atoms with Crippen molar-refractivity contribution in [1.29, 1.82) is 0 Å². The van der Waals surface area contributed by atoms with Gasteiger partial charge in [-0.2, -0.15) is 5.10 Å². The number of benzene rings is 1. The summed E-state index contributed by atoms with van der Waals surface area (Å²) in [4.78, 5) is 11.7. The van der Waals surface area contributed by atoms with Crippen LogP contribution in [0, 0.1) is 0 Å². The van der Waals surface area contributed by atoms with Gasteiger partial charge in [-0.15, -0.1) is 6.58 Å². The van der Waals surface area contributed by atoms with Gasteiger partial charge in [0.15, 0.2) is 0 Å². The third-order valence-electron chi connectivity index (χ3n) is 2.93. The quantitative estimate of drug-likeness (QED) is 0.706. The van der Waals surface area contributed by atoms with Crippen molar-refractivity contribution in [1.82, 2.24) is 15.5 Å². The van der Waals surface area contributed by atoms with Crippen LogP contribution >= 0.6 is 0 Å². The summed E-state index contributed by atoms with van der Waals surface area (Å²) in [7, 11) is 0. The Balaban J connectivity index is 1.97. The summed E-state index contributed by atoms with van der Waals surface area (Å²) in [6.45, 7) is 6.07. The molecule has 1 atom stereocenters. The zero-order valence-electron chi connectivity index (χ0n) is 11.4. The van der Waals surface area contributed by atoms with Gasteiger partial charge in [0.2, 0.25) is 0 Å². The molecule has 3 N–H and O–H groups in total. The molecule has 0 radical (unpaired) electrons. The van der Waals surface area contributed by atoms with E-state index in [4.69, 9.17) is 0 Å². The standard InChI is InChI=1S/C15H18N4O/c1-3-9-16-15(20)12-4-6-13(7-5-12)18-11(2)14-8-10-17-19-14/h3-8,10-11,18H,1,9H2,2H3,(H,16,20)(H,17,19). The van der Waals surface area contributed by atoms with Crippen LogP contribution in [0.25, 0.3) is 0 Å². The fraction of sp³-hybridized carbons (Fsp3) is 0.200. The lowest BCUT2D eigenvalue weighted by Gasteiger charge is -2.13. The smallest absolute Gasteiger partial charge is 0.251 e. The minimum Gasteiger partial charge on any atom is -0.377 e. The molecule has 0 aliphatic rings. The van der Waals surface area contributed by atoms with Crippen LogP contribution in [0.4, 0.5) is 5.69 Å². The SMILES string of the molecule is C=CCNC(=O)c1ccc(NC(C)c2ccn[nH]2)cc1. The molecule has 2 aromatic rings. The summed E-state index contributed by atoms with van der Waals surface area (Å²) < 4.78 is 0. The first-order chi connectivity index (χ1) is 9.70. The van der Waals surface area contributed by atoms with E-state index in [9.17, 15) is 4.79 Å². The lowest BCUT2D eigenvalue weighted by Crippen LogP contribution is -2.23. The van der Waals surface area contributed by atoms with Crippen LogP contribution in [0.5, 0.6) is 0 Å². The lowest BCUT2D eigenvalue weighted by molar-refractivity contribution is 0.0958. The highest BCUT2D eigenvalue weighted by Crippen LogP contribution is 2.17. The fourth-order valence-electron chi connectivity index (χ4n) is 1.82. The molecule has 0 saturated carbocycles. The van der Waals surface area contributed by atoms with Gasteiger partial charge < -0.3 is 10.6 Å². The largest absolute Gasteiger partial charge is 0.377 e. The molecular weight excluding hydrogens is 252 g/mol. The molecule has 0 saturated heterocycles. The van der Waals surface area contributed by atoms with E-state index in [-0.39, 0.29) is 11.9 Å². The number of amides is 1. The predicted octanol–water partition coefficient (Wildman–Crippen LogP) is 2.50. The normalized spacial score (nSPS) is 11.7. The van der Waals surface area contributed by atoms with Gasteiger partial charge in [0.25, 0.3) is 5.91 Å². The van der Waals surface area contributed by atoms with Crippen LogP contribution < -0.4 is 10.6 Å². The first-order valence-electron chi connectivity index (χ1n) is 6.45. The van der Waals surface area contributed by atoms with E-state index < -0.39 is 0 Å². The van der Waals surface area contributed by atoms with E-state index in [0.717, 1.165) is 11.4 Å². The minimum atomic E-state index is -0.0990. The molecule has 5 nitrogen and oxygen atoms in total. The maximum atomic E-state index is 11.7. The molecule has 0 fully saturated rings. The molecule has 0 aliphatic carbocycles. The molecule has 2 rings (SSSR count). The van der Waals surface area contributed by atoms with Gasteiger partial charge in [-0.3, -0.25) is 9.89 Å².